The fourth-order valence-corrected chi connectivity index (χ4v) is 4.92. The van der Waals surface area contributed by atoms with Crippen LogP contribution in [0.1, 0.15) is 55.3 Å². The molecule has 4 rings (SSSR count). The minimum Gasteiger partial charge on any atom is -0.370 e. The van der Waals surface area contributed by atoms with Gasteiger partial charge >= 0.3 is 0 Å². The number of likely N-dealkylation sites (tertiary alicyclic amines) is 1. The Morgan fingerprint density at radius 3 is 2.20 bits per heavy atom. The molecule has 8 heteroatoms. The van der Waals surface area contributed by atoms with Crippen LogP contribution in [0.5, 0.6) is 0 Å². The highest BCUT2D eigenvalue weighted by atomic mass is 16.2. The van der Waals surface area contributed by atoms with Crippen molar-refractivity contribution in [3.63, 3.8) is 0 Å². The molecule has 30 heavy (non-hydrogen) atoms. The Morgan fingerprint density at radius 1 is 0.967 bits per heavy atom. The van der Waals surface area contributed by atoms with Gasteiger partial charge in [0.1, 0.15) is 6.54 Å². The van der Waals surface area contributed by atoms with Gasteiger partial charge in [-0.05, 0) is 50.3 Å². The Labute approximate surface area is 175 Å². The van der Waals surface area contributed by atoms with Crippen molar-refractivity contribution in [1.29, 1.82) is 0 Å². The SMILES string of the molecule is NC(=O)c1ccc(N2CCCCC2)c(NC(=O)CN2C(=O)[C@H]3CCCC[C@H]3C2=O)c1. The third-order valence-corrected chi connectivity index (χ3v) is 6.49. The lowest BCUT2D eigenvalue weighted by Crippen LogP contribution is -2.38. The number of nitrogens with two attached hydrogens (primary N) is 1. The van der Waals surface area contributed by atoms with Crippen LogP contribution in [0.2, 0.25) is 0 Å². The number of hydrogen-bond acceptors (Lipinski definition) is 5. The normalized spacial score (nSPS) is 24.0. The molecule has 0 spiro atoms. The topological polar surface area (TPSA) is 113 Å². The van der Waals surface area contributed by atoms with Gasteiger partial charge in [0.05, 0.1) is 23.2 Å². The molecule has 8 nitrogen and oxygen atoms in total. The summed E-state index contributed by atoms with van der Waals surface area (Å²) in [4.78, 5) is 53.0. The van der Waals surface area contributed by atoms with Crippen molar-refractivity contribution >= 4 is 35.0 Å². The number of fused-ring (bicyclic) bond motifs is 1. The Hall–Kier alpha value is -2.90. The van der Waals surface area contributed by atoms with Crippen molar-refractivity contribution in [3.05, 3.63) is 23.8 Å². The Morgan fingerprint density at radius 2 is 1.60 bits per heavy atom. The smallest absolute Gasteiger partial charge is 0.248 e. The van der Waals surface area contributed by atoms with E-state index in [1.807, 2.05) is 0 Å². The average Bonchev–Trinajstić information content (AvgIpc) is 2.99. The van der Waals surface area contributed by atoms with Gasteiger partial charge in [-0.15, -0.1) is 0 Å². The monoisotopic (exact) mass is 412 g/mol. The number of amides is 4. The number of piperidine rings is 1. The molecule has 0 radical (unpaired) electrons. The first-order chi connectivity index (χ1) is 14.5. The van der Waals surface area contributed by atoms with Crippen LogP contribution in [-0.4, -0.2) is 48.2 Å². The molecule has 160 valence electrons. The van der Waals surface area contributed by atoms with Gasteiger partial charge in [0.25, 0.3) is 0 Å². The van der Waals surface area contributed by atoms with E-state index >= 15 is 0 Å². The number of nitrogens with one attached hydrogen (secondary N) is 1. The molecule has 3 aliphatic rings. The summed E-state index contributed by atoms with van der Waals surface area (Å²) in [5.41, 5.74) is 7.01. The van der Waals surface area contributed by atoms with Crippen LogP contribution in [0, 0.1) is 11.8 Å². The van der Waals surface area contributed by atoms with Gasteiger partial charge in [0, 0.05) is 18.7 Å². The molecule has 0 unspecified atom stereocenters. The summed E-state index contributed by atoms with van der Waals surface area (Å²) < 4.78 is 0. The lowest BCUT2D eigenvalue weighted by molar-refractivity contribution is -0.142. The standard InChI is InChI=1S/C22H28N4O4/c23-20(28)14-8-9-18(25-10-4-1-5-11-25)17(12-14)24-19(27)13-26-21(29)15-6-2-3-7-16(15)22(26)30/h8-9,12,15-16H,1-7,10-11,13H2,(H2,23,28)(H,24,27)/t15-,16+. The fraction of sp³-hybridized carbons (Fsp3) is 0.545. The molecule has 2 atom stereocenters. The van der Waals surface area contributed by atoms with Crippen LogP contribution in [0.15, 0.2) is 18.2 Å². The van der Waals surface area contributed by atoms with Gasteiger partial charge in [0.2, 0.25) is 23.6 Å². The van der Waals surface area contributed by atoms with E-state index in [0.29, 0.717) is 24.1 Å². The molecule has 3 N–H and O–H groups in total. The zero-order chi connectivity index (χ0) is 21.3. The van der Waals surface area contributed by atoms with E-state index in [2.05, 4.69) is 10.2 Å². The molecule has 2 heterocycles. The minimum absolute atomic E-state index is 0.234. The maximum Gasteiger partial charge on any atom is 0.248 e. The number of rotatable bonds is 5. The first-order valence-electron chi connectivity index (χ1n) is 10.8. The first-order valence-corrected chi connectivity index (χ1v) is 10.8. The lowest BCUT2D eigenvalue weighted by Gasteiger charge is -2.31. The summed E-state index contributed by atoms with van der Waals surface area (Å²) in [5, 5.41) is 2.82. The highest BCUT2D eigenvalue weighted by molar-refractivity contribution is 6.09. The van der Waals surface area contributed by atoms with Gasteiger partial charge in [-0.1, -0.05) is 12.8 Å². The summed E-state index contributed by atoms with van der Waals surface area (Å²) in [6, 6.07) is 5.01. The Kier molecular flexibility index (Phi) is 5.74. The van der Waals surface area contributed by atoms with Gasteiger partial charge < -0.3 is 16.0 Å². The van der Waals surface area contributed by atoms with Crippen molar-refractivity contribution in [1.82, 2.24) is 4.90 Å². The largest absolute Gasteiger partial charge is 0.370 e. The number of imide groups is 1. The van der Waals surface area contributed by atoms with Gasteiger partial charge in [-0.3, -0.25) is 24.1 Å². The summed E-state index contributed by atoms with van der Waals surface area (Å²) in [6.07, 6.45) is 6.60. The Balaban J connectivity index is 1.52. The fourth-order valence-electron chi connectivity index (χ4n) is 4.92. The summed E-state index contributed by atoms with van der Waals surface area (Å²) in [5.74, 6) is -2.05. The molecule has 2 saturated heterocycles. The van der Waals surface area contributed by atoms with E-state index in [1.165, 1.54) is 6.42 Å². The van der Waals surface area contributed by atoms with E-state index in [0.717, 1.165) is 49.4 Å². The number of primary amides is 1. The number of carbonyl (C=O) groups is 4. The summed E-state index contributed by atoms with van der Waals surface area (Å²) in [6.45, 7) is 1.43. The van der Waals surface area contributed by atoms with Crippen molar-refractivity contribution in [3.8, 4) is 0 Å². The predicted octanol–water partition coefficient (Wildman–Crippen LogP) is 1.89. The zero-order valence-electron chi connectivity index (χ0n) is 17.1. The summed E-state index contributed by atoms with van der Waals surface area (Å²) in [7, 11) is 0. The quantitative estimate of drug-likeness (QED) is 0.717. The van der Waals surface area contributed by atoms with E-state index in [9.17, 15) is 19.2 Å². The second kappa shape index (κ2) is 8.45. The molecule has 1 saturated carbocycles. The molecular weight excluding hydrogens is 384 g/mol. The molecule has 3 fully saturated rings. The van der Waals surface area contributed by atoms with Crippen molar-refractivity contribution < 1.29 is 19.2 Å². The van der Waals surface area contributed by atoms with Gasteiger partial charge in [0.15, 0.2) is 0 Å². The zero-order valence-corrected chi connectivity index (χ0v) is 17.1. The first kappa shape index (κ1) is 20.4. The third kappa shape index (κ3) is 3.91. The molecular formula is C22H28N4O4. The molecule has 1 aliphatic carbocycles. The highest BCUT2D eigenvalue weighted by Crippen LogP contribution is 2.38. The molecule has 2 aliphatic heterocycles. The second-order valence-corrected chi connectivity index (χ2v) is 8.45. The van der Waals surface area contributed by atoms with E-state index in [4.69, 9.17) is 5.73 Å². The molecule has 0 bridgehead atoms. The van der Waals surface area contributed by atoms with Crippen LogP contribution >= 0.6 is 0 Å². The van der Waals surface area contributed by atoms with E-state index in [1.54, 1.807) is 18.2 Å². The highest BCUT2D eigenvalue weighted by Gasteiger charge is 2.48. The van der Waals surface area contributed by atoms with E-state index in [-0.39, 0.29) is 30.2 Å². The van der Waals surface area contributed by atoms with Crippen LogP contribution in [-0.2, 0) is 14.4 Å². The molecule has 0 aromatic heterocycles. The maximum atomic E-state index is 12.8. The van der Waals surface area contributed by atoms with Crippen LogP contribution in [0.3, 0.4) is 0 Å². The molecule has 1 aromatic carbocycles. The Bertz CT molecular complexity index is 854. The van der Waals surface area contributed by atoms with Crippen molar-refractivity contribution in [2.75, 3.05) is 29.9 Å². The average molecular weight is 412 g/mol. The summed E-state index contributed by atoms with van der Waals surface area (Å²) >= 11 is 0. The second-order valence-electron chi connectivity index (χ2n) is 8.45. The van der Waals surface area contributed by atoms with Gasteiger partial charge in [-0.25, -0.2) is 0 Å². The number of carbonyl (C=O) groups excluding carboxylic acids is 4. The molecule has 1 aromatic rings. The number of hydrogen-bond donors (Lipinski definition) is 2. The van der Waals surface area contributed by atoms with E-state index < -0.39 is 11.8 Å². The van der Waals surface area contributed by atoms with Crippen LogP contribution in [0.4, 0.5) is 11.4 Å². The maximum absolute atomic E-state index is 12.8. The van der Waals surface area contributed by atoms with Crippen molar-refractivity contribution in [2.45, 2.75) is 44.9 Å². The van der Waals surface area contributed by atoms with Crippen LogP contribution < -0.4 is 16.0 Å². The van der Waals surface area contributed by atoms with Crippen molar-refractivity contribution in [2.24, 2.45) is 17.6 Å². The molecule has 4 amide bonds. The number of anilines is 2. The lowest BCUT2D eigenvalue weighted by atomic mass is 9.81. The number of benzene rings is 1. The number of nitrogens with zero attached hydrogens (tertiary/aromatic N) is 2. The predicted molar refractivity (Wildman–Crippen MR) is 112 cm³/mol. The third-order valence-electron chi connectivity index (χ3n) is 6.49. The van der Waals surface area contributed by atoms with Crippen LogP contribution in [0.25, 0.3) is 0 Å². The minimum atomic E-state index is -0.579. The van der Waals surface area contributed by atoms with Gasteiger partial charge in [-0.2, -0.15) is 0 Å².